The molecule has 0 radical (unpaired) electrons. The number of allylic oxidation sites excluding steroid dienone is 2. The van der Waals surface area contributed by atoms with Gasteiger partial charge in [0.05, 0.1) is 29.1 Å². The average Bonchev–Trinajstić information content (AvgIpc) is 4.16. The van der Waals surface area contributed by atoms with Gasteiger partial charge < -0.3 is 24.8 Å². The summed E-state index contributed by atoms with van der Waals surface area (Å²) in [7, 11) is 3.38. The zero-order valence-corrected chi connectivity index (χ0v) is 40.7. The van der Waals surface area contributed by atoms with Crippen molar-refractivity contribution in [1.82, 2.24) is 20.4 Å². The van der Waals surface area contributed by atoms with E-state index >= 15 is 0 Å². The molecule has 2 heterocycles. The predicted molar refractivity (Wildman–Crippen MR) is 262 cm³/mol. The number of alkyl halides is 3. The third-order valence-corrected chi connectivity index (χ3v) is 14.2. The molecular weight excluding hydrogens is 880 g/mol. The van der Waals surface area contributed by atoms with E-state index in [1.54, 1.807) is 32.3 Å². The fraction of sp³-hybridized carbons (Fsp3) is 0.446. The van der Waals surface area contributed by atoms with Gasteiger partial charge in [0.25, 0.3) is 0 Å². The quantitative estimate of drug-likeness (QED) is 0.121. The Morgan fingerprint density at radius 1 is 0.710 bits per heavy atom. The molecule has 364 valence electrons. The van der Waals surface area contributed by atoms with Crippen LogP contribution in [0, 0.1) is 23.2 Å². The molecule has 9 rings (SSSR count). The molecule has 0 spiro atoms. The summed E-state index contributed by atoms with van der Waals surface area (Å²) in [4.78, 5) is 28.1. The van der Waals surface area contributed by atoms with Crippen molar-refractivity contribution < 1.29 is 37.0 Å². The normalized spacial score (nSPS) is 17.4. The van der Waals surface area contributed by atoms with Gasteiger partial charge >= 0.3 is 6.18 Å². The van der Waals surface area contributed by atoms with Gasteiger partial charge in [0.1, 0.15) is 36.5 Å². The number of aryl methyl sites for hydroxylation is 2. The van der Waals surface area contributed by atoms with Gasteiger partial charge in [-0.15, -0.1) is 0 Å². The summed E-state index contributed by atoms with van der Waals surface area (Å²) in [5.74, 6) is 2.65. The fourth-order valence-corrected chi connectivity index (χ4v) is 9.99. The van der Waals surface area contributed by atoms with Crippen LogP contribution in [0.15, 0.2) is 83.9 Å². The lowest BCUT2D eigenvalue weighted by molar-refractivity contribution is -0.138. The monoisotopic (exact) mass is 943 g/mol. The first-order valence-electron chi connectivity index (χ1n) is 24.3. The van der Waals surface area contributed by atoms with E-state index in [0.29, 0.717) is 34.8 Å². The molecule has 0 bridgehead atoms. The summed E-state index contributed by atoms with van der Waals surface area (Å²) in [6, 6.07) is 24.7. The Hall–Kier alpha value is -6.10. The molecule has 10 nitrogen and oxygen atoms in total. The minimum Gasteiger partial charge on any atom is -0.490 e. The van der Waals surface area contributed by atoms with Crippen molar-refractivity contribution in [2.75, 3.05) is 53.4 Å². The van der Waals surface area contributed by atoms with Crippen molar-refractivity contribution in [1.29, 1.82) is 5.26 Å². The molecule has 1 saturated carbocycles. The van der Waals surface area contributed by atoms with Crippen molar-refractivity contribution in [2.24, 2.45) is 11.8 Å². The van der Waals surface area contributed by atoms with E-state index in [1.807, 2.05) is 44.2 Å². The Morgan fingerprint density at radius 2 is 1.20 bits per heavy atom. The molecule has 13 heteroatoms. The number of hydrogen-bond donors (Lipinski definition) is 2. The maximum atomic E-state index is 13.5. The molecule has 2 aliphatic heterocycles. The average molecular weight is 944 g/mol. The van der Waals surface area contributed by atoms with Crippen LogP contribution in [-0.2, 0) is 41.8 Å². The van der Waals surface area contributed by atoms with E-state index < -0.39 is 11.7 Å². The number of nitriles is 1. The number of amides is 2. The SMILES string of the molecule is CNC(=O)C1CN(CC2=C(C)c3ccc(OCc4ccc(C#N)c(OC(C)C)c4)cc3CC2)C1.CNC(=O)C1CN(CC2=C(C)c3ccc(OCc4ccc(C5CC5)c(C(F)(F)F)c4)cc3CC2)C1. The van der Waals surface area contributed by atoms with Gasteiger partial charge in [-0.05, 0) is 165 Å². The van der Waals surface area contributed by atoms with Crippen molar-refractivity contribution >= 4 is 23.0 Å². The number of ether oxygens (including phenoxy) is 3. The van der Waals surface area contributed by atoms with Crippen molar-refractivity contribution in [3.63, 3.8) is 0 Å². The Morgan fingerprint density at radius 3 is 1.65 bits per heavy atom. The molecule has 0 unspecified atom stereocenters. The van der Waals surface area contributed by atoms with E-state index in [0.717, 1.165) is 89.1 Å². The number of hydrogen-bond acceptors (Lipinski definition) is 8. The number of fused-ring (bicyclic) bond motifs is 2. The van der Waals surface area contributed by atoms with Crippen LogP contribution >= 0.6 is 0 Å². The second-order valence-corrected chi connectivity index (χ2v) is 19.5. The van der Waals surface area contributed by atoms with Crippen molar-refractivity contribution in [2.45, 2.75) is 97.6 Å². The highest BCUT2D eigenvalue weighted by molar-refractivity contribution is 5.80. The van der Waals surface area contributed by atoms with Crippen LogP contribution in [0.4, 0.5) is 13.2 Å². The lowest BCUT2D eigenvalue weighted by atomic mass is 9.85. The summed E-state index contributed by atoms with van der Waals surface area (Å²) >= 11 is 0. The van der Waals surface area contributed by atoms with Crippen LogP contribution in [0.2, 0.25) is 0 Å². The van der Waals surface area contributed by atoms with Crippen LogP contribution in [0.1, 0.15) is 109 Å². The van der Waals surface area contributed by atoms with Crippen molar-refractivity contribution in [3.05, 3.63) is 134 Å². The Balaban J connectivity index is 0.000000186. The summed E-state index contributed by atoms with van der Waals surface area (Å²) in [5, 5.41) is 14.8. The first-order valence-corrected chi connectivity index (χ1v) is 24.3. The molecule has 2 saturated heterocycles. The van der Waals surface area contributed by atoms with Gasteiger partial charge in [0.2, 0.25) is 11.8 Å². The largest absolute Gasteiger partial charge is 0.490 e. The van der Waals surface area contributed by atoms with Crippen LogP contribution in [0.5, 0.6) is 17.2 Å². The second kappa shape index (κ2) is 21.3. The van der Waals surface area contributed by atoms with E-state index in [4.69, 9.17) is 14.2 Å². The fourth-order valence-electron chi connectivity index (χ4n) is 9.99. The lowest BCUT2D eigenvalue weighted by Gasteiger charge is -2.39. The highest BCUT2D eigenvalue weighted by atomic mass is 19.4. The summed E-state index contributed by atoms with van der Waals surface area (Å²) in [6.45, 7) is 13.9. The zero-order chi connectivity index (χ0) is 49.0. The zero-order valence-electron chi connectivity index (χ0n) is 40.7. The molecule has 5 aliphatic rings. The number of benzene rings is 4. The molecule has 3 aliphatic carbocycles. The predicted octanol–water partition coefficient (Wildman–Crippen LogP) is 9.88. The van der Waals surface area contributed by atoms with Crippen molar-refractivity contribution in [3.8, 4) is 23.3 Å². The van der Waals surface area contributed by atoms with Gasteiger partial charge in [0, 0.05) is 53.4 Å². The highest BCUT2D eigenvalue weighted by Crippen LogP contribution is 2.46. The van der Waals surface area contributed by atoms with Gasteiger partial charge in [-0.25, -0.2) is 0 Å². The molecular formula is C56H64F3N5O5. The van der Waals surface area contributed by atoms with Gasteiger partial charge in [-0.3, -0.25) is 19.4 Å². The number of carbonyl (C=O) groups is 2. The smallest absolute Gasteiger partial charge is 0.416 e. The standard InChI is InChI=1S/C28H31F3N2O2.C28H33N3O3/c1-17-21(13-33-14-22(15-33)27(34)32-2)7-6-20-12-23(8-10-24(17)20)35-16-18-3-9-25(19-4-5-19)26(11-18)28(29,30)31;1-18(2)34-27-11-20(5-6-22(27)13-29)17-33-25-9-10-26-19(3)23(8-7-21(26)12-25)14-31-15-24(16-31)28(32)30-4/h3,8-12,19,22H,4-7,13-16H2,1-2H3,(H,32,34);5-6,9-12,18,24H,7-8,14-17H2,1-4H3,(H,30,32). The second-order valence-electron chi connectivity index (χ2n) is 19.5. The summed E-state index contributed by atoms with van der Waals surface area (Å²) in [6.07, 6.45) is 1.21. The maximum absolute atomic E-state index is 13.5. The third-order valence-electron chi connectivity index (χ3n) is 14.2. The van der Waals surface area contributed by atoms with E-state index in [1.165, 1.54) is 50.6 Å². The molecule has 0 aromatic heterocycles. The lowest BCUT2D eigenvalue weighted by Crippen LogP contribution is -2.53. The van der Waals surface area contributed by atoms with Crippen LogP contribution in [-0.4, -0.2) is 81.1 Å². The topological polar surface area (TPSA) is 116 Å². The Bertz CT molecular complexity index is 2670. The summed E-state index contributed by atoms with van der Waals surface area (Å²) < 4.78 is 58.4. The molecule has 0 atom stereocenters. The van der Waals surface area contributed by atoms with Gasteiger partial charge in [-0.2, -0.15) is 18.4 Å². The first kappa shape index (κ1) is 49.3. The molecule has 69 heavy (non-hydrogen) atoms. The van der Waals surface area contributed by atoms with Gasteiger partial charge in [-0.1, -0.05) is 41.5 Å². The first-order chi connectivity index (χ1) is 33.1. The number of nitrogens with zero attached hydrogens (tertiary/aromatic N) is 3. The van der Waals surface area contributed by atoms with Crippen LogP contribution in [0.3, 0.4) is 0 Å². The van der Waals surface area contributed by atoms with E-state index in [9.17, 15) is 28.0 Å². The minimum absolute atomic E-state index is 0.00320. The van der Waals surface area contributed by atoms with E-state index in [2.05, 4.69) is 58.5 Å². The third kappa shape index (κ3) is 11.9. The molecule has 4 aromatic rings. The maximum Gasteiger partial charge on any atom is 0.416 e. The number of rotatable bonds is 15. The highest BCUT2D eigenvalue weighted by Gasteiger charge is 2.39. The van der Waals surface area contributed by atoms with E-state index in [-0.39, 0.29) is 42.3 Å². The molecule has 2 N–H and O–H groups in total. The molecule has 2 amide bonds. The molecule has 3 fully saturated rings. The number of nitrogens with one attached hydrogen (secondary N) is 2. The molecule has 4 aromatic carbocycles. The van der Waals surface area contributed by atoms with Crippen LogP contribution < -0.4 is 24.8 Å². The number of halogens is 3. The van der Waals surface area contributed by atoms with Gasteiger partial charge in [0.15, 0.2) is 0 Å². The summed E-state index contributed by atoms with van der Waals surface area (Å²) in [5.41, 5.74) is 12.4. The Kier molecular flexibility index (Phi) is 15.2. The van der Waals surface area contributed by atoms with Crippen LogP contribution in [0.25, 0.3) is 11.1 Å². The number of carbonyl (C=O) groups excluding carboxylic acids is 2. The Labute approximate surface area is 404 Å². The minimum atomic E-state index is -4.35. The number of likely N-dealkylation sites (tertiary alicyclic amines) is 2.